The van der Waals surface area contributed by atoms with Crippen molar-refractivity contribution in [3.05, 3.63) is 71.0 Å². The Morgan fingerprint density at radius 3 is 2.47 bits per heavy atom. The smallest absolute Gasteiger partial charge is 0.410 e. The minimum Gasteiger partial charge on any atom is -0.445 e. The molecule has 0 aromatic heterocycles. The number of amides is 1. The Bertz CT molecular complexity index is 972. The maximum absolute atomic E-state index is 13.7. The van der Waals surface area contributed by atoms with Crippen LogP contribution in [0.25, 0.3) is 0 Å². The first-order valence-electron chi connectivity index (χ1n) is 10.3. The molecule has 2 aliphatic rings. The van der Waals surface area contributed by atoms with Crippen LogP contribution in [0.3, 0.4) is 0 Å². The van der Waals surface area contributed by atoms with Crippen molar-refractivity contribution in [3.8, 4) is 6.07 Å². The van der Waals surface area contributed by atoms with Gasteiger partial charge < -0.3 is 9.64 Å². The number of carbonyl (C=O) groups excluding carboxylic acids is 2. The molecule has 1 amide bonds. The molecule has 0 radical (unpaired) electrons. The Hall–Kier alpha value is -3.20. The molecule has 154 valence electrons. The van der Waals surface area contributed by atoms with E-state index in [9.17, 15) is 19.2 Å². The van der Waals surface area contributed by atoms with Crippen molar-refractivity contribution in [2.75, 3.05) is 0 Å². The highest BCUT2D eigenvalue weighted by atomic mass is 19.1. The molecule has 2 aromatic rings. The number of ketones is 1. The van der Waals surface area contributed by atoms with Crippen molar-refractivity contribution in [1.29, 1.82) is 5.26 Å². The van der Waals surface area contributed by atoms with Crippen LogP contribution in [-0.2, 0) is 11.3 Å². The van der Waals surface area contributed by atoms with E-state index >= 15 is 0 Å². The maximum atomic E-state index is 13.7. The third kappa shape index (κ3) is 4.06. The van der Waals surface area contributed by atoms with Gasteiger partial charge in [0.15, 0.2) is 5.78 Å². The van der Waals surface area contributed by atoms with Gasteiger partial charge in [-0.3, -0.25) is 4.79 Å². The number of rotatable bonds is 4. The summed E-state index contributed by atoms with van der Waals surface area (Å²) in [6, 6.07) is 15.0. The fourth-order valence-electron chi connectivity index (χ4n) is 4.73. The zero-order valence-corrected chi connectivity index (χ0v) is 16.6. The highest BCUT2D eigenvalue weighted by Crippen LogP contribution is 2.39. The maximum Gasteiger partial charge on any atom is 0.410 e. The molecule has 2 saturated heterocycles. The number of piperidine rings is 2. The van der Waals surface area contributed by atoms with Crippen molar-refractivity contribution in [2.45, 2.75) is 50.8 Å². The Morgan fingerprint density at radius 2 is 1.80 bits per heavy atom. The Kier molecular flexibility index (Phi) is 5.80. The average Bonchev–Trinajstić information content (AvgIpc) is 2.76. The lowest BCUT2D eigenvalue weighted by Crippen LogP contribution is -2.55. The first kappa shape index (κ1) is 20.1. The fourth-order valence-corrected chi connectivity index (χ4v) is 4.73. The fraction of sp³-hybridized carbons (Fsp3) is 0.375. The van der Waals surface area contributed by atoms with Crippen LogP contribution < -0.4 is 0 Å². The second kappa shape index (κ2) is 8.66. The van der Waals surface area contributed by atoms with Gasteiger partial charge in [-0.05, 0) is 55.9 Å². The van der Waals surface area contributed by atoms with Crippen LogP contribution >= 0.6 is 0 Å². The molecule has 0 saturated carbocycles. The summed E-state index contributed by atoms with van der Waals surface area (Å²) < 4.78 is 19.2. The first-order chi connectivity index (χ1) is 14.6. The SMILES string of the molecule is N#Cc1ccc(F)cc1C(=O)C1CC2CCCC(C1)N2C(=O)OCc1ccccc1. The van der Waals surface area contributed by atoms with E-state index in [-0.39, 0.29) is 47.6 Å². The van der Waals surface area contributed by atoms with Gasteiger partial charge in [-0.1, -0.05) is 30.3 Å². The lowest BCUT2D eigenvalue weighted by atomic mass is 9.75. The molecule has 0 N–H and O–H groups in total. The van der Waals surface area contributed by atoms with E-state index < -0.39 is 5.82 Å². The number of nitrogens with zero attached hydrogens (tertiary/aromatic N) is 2. The Balaban J connectivity index is 1.47. The van der Waals surface area contributed by atoms with E-state index in [1.165, 1.54) is 12.1 Å². The summed E-state index contributed by atoms with van der Waals surface area (Å²) in [5, 5.41) is 9.29. The Morgan fingerprint density at radius 1 is 1.10 bits per heavy atom. The van der Waals surface area contributed by atoms with Gasteiger partial charge in [0.25, 0.3) is 0 Å². The van der Waals surface area contributed by atoms with Gasteiger partial charge in [0, 0.05) is 23.6 Å². The average molecular weight is 406 g/mol. The van der Waals surface area contributed by atoms with Crippen LogP contribution in [0.4, 0.5) is 9.18 Å². The molecule has 2 aromatic carbocycles. The zero-order chi connectivity index (χ0) is 21.1. The van der Waals surface area contributed by atoms with E-state index in [0.29, 0.717) is 12.8 Å². The van der Waals surface area contributed by atoms with Gasteiger partial charge >= 0.3 is 6.09 Å². The van der Waals surface area contributed by atoms with E-state index in [4.69, 9.17) is 4.74 Å². The van der Waals surface area contributed by atoms with Crippen LogP contribution in [0.2, 0.25) is 0 Å². The zero-order valence-electron chi connectivity index (χ0n) is 16.6. The van der Waals surface area contributed by atoms with Gasteiger partial charge in [0.1, 0.15) is 12.4 Å². The first-order valence-corrected chi connectivity index (χ1v) is 10.3. The number of nitriles is 1. The number of fused-ring (bicyclic) bond motifs is 2. The quantitative estimate of drug-likeness (QED) is 0.681. The standard InChI is InChI=1S/C24H23FN2O3/c25-19-10-9-17(14-26)22(13-19)23(28)18-11-20-7-4-8-21(12-18)27(20)24(29)30-15-16-5-2-1-3-6-16/h1-3,5-6,9-10,13,18,20-21H,4,7-8,11-12,15H2. The van der Waals surface area contributed by atoms with E-state index in [1.807, 2.05) is 36.4 Å². The molecule has 6 heteroatoms. The van der Waals surface area contributed by atoms with Crippen LogP contribution in [0, 0.1) is 23.1 Å². The predicted molar refractivity (Wildman–Crippen MR) is 108 cm³/mol. The molecule has 4 rings (SSSR count). The molecule has 30 heavy (non-hydrogen) atoms. The van der Waals surface area contributed by atoms with Crippen molar-refractivity contribution in [2.24, 2.45) is 5.92 Å². The molecule has 0 aliphatic carbocycles. The van der Waals surface area contributed by atoms with Crippen LogP contribution in [-0.4, -0.2) is 28.9 Å². The van der Waals surface area contributed by atoms with Crippen LogP contribution in [0.15, 0.2) is 48.5 Å². The minimum atomic E-state index is -0.528. The molecule has 0 spiro atoms. The number of halogens is 1. The Labute approximate surface area is 175 Å². The summed E-state index contributed by atoms with van der Waals surface area (Å²) in [6.45, 7) is 0.215. The molecule has 5 nitrogen and oxygen atoms in total. The number of benzene rings is 2. The summed E-state index contributed by atoms with van der Waals surface area (Å²) >= 11 is 0. The highest BCUT2D eigenvalue weighted by molar-refractivity contribution is 6.00. The van der Waals surface area contributed by atoms with E-state index in [0.717, 1.165) is 30.9 Å². The number of hydrogen-bond acceptors (Lipinski definition) is 4. The van der Waals surface area contributed by atoms with Crippen molar-refractivity contribution < 1.29 is 18.7 Å². The summed E-state index contributed by atoms with van der Waals surface area (Å²) in [5.41, 5.74) is 1.26. The number of Topliss-reactive ketones (excluding diaryl/α,β-unsaturated/α-hetero) is 1. The van der Waals surface area contributed by atoms with Gasteiger partial charge in [-0.2, -0.15) is 5.26 Å². The minimum absolute atomic E-state index is 0.0752. The summed E-state index contributed by atoms with van der Waals surface area (Å²) in [4.78, 5) is 27.7. The largest absolute Gasteiger partial charge is 0.445 e. The normalized spacial score (nSPS) is 22.8. The third-order valence-corrected chi connectivity index (χ3v) is 6.13. The van der Waals surface area contributed by atoms with Crippen molar-refractivity contribution >= 4 is 11.9 Å². The number of hydrogen-bond donors (Lipinski definition) is 0. The summed E-state index contributed by atoms with van der Waals surface area (Å²) in [5.74, 6) is -1.06. The van der Waals surface area contributed by atoms with Gasteiger partial charge in [-0.25, -0.2) is 9.18 Å². The topological polar surface area (TPSA) is 70.4 Å². The molecule has 2 bridgehead atoms. The molecule has 2 aliphatic heterocycles. The number of ether oxygens (including phenoxy) is 1. The second-order valence-corrected chi connectivity index (χ2v) is 8.02. The molecular formula is C24H23FN2O3. The van der Waals surface area contributed by atoms with E-state index in [1.54, 1.807) is 4.90 Å². The third-order valence-electron chi connectivity index (χ3n) is 6.13. The van der Waals surface area contributed by atoms with Crippen molar-refractivity contribution in [1.82, 2.24) is 4.90 Å². The monoisotopic (exact) mass is 406 g/mol. The summed E-state index contributed by atoms with van der Waals surface area (Å²) in [7, 11) is 0. The predicted octanol–water partition coefficient (Wildman–Crippen LogP) is 4.85. The van der Waals surface area contributed by atoms with Crippen LogP contribution in [0.5, 0.6) is 0 Å². The van der Waals surface area contributed by atoms with Gasteiger partial charge in [0.2, 0.25) is 0 Å². The van der Waals surface area contributed by atoms with Gasteiger partial charge in [-0.15, -0.1) is 0 Å². The van der Waals surface area contributed by atoms with Crippen LogP contribution in [0.1, 0.15) is 53.6 Å². The molecule has 2 fully saturated rings. The lowest BCUT2D eigenvalue weighted by Gasteiger charge is -2.47. The van der Waals surface area contributed by atoms with Gasteiger partial charge in [0.05, 0.1) is 11.6 Å². The molecule has 2 heterocycles. The number of carbonyl (C=O) groups is 2. The second-order valence-electron chi connectivity index (χ2n) is 8.02. The van der Waals surface area contributed by atoms with Crippen molar-refractivity contribution in [3.63, 3.8) is 0 Å². The van der Waals surface area contributed by atoms with E-state index in [2.05, 4.69) is 0 Å². The molecular weight excluding hydrogens is 383 g/mol. The molecule has 2 atom stereocenters. The highest BCUT2D eigenvalue weighted by Gasteiger charge is 2.44. The lowest BCUT2D eigenvalue weighted by molar-refractivity contribution is 0.00471. The summed E-state index contributed by atoms with van der Waals surface area (Å²) in [6.07, 6.45) is 3.31. The molecule has 2 unspecified atom stereocenters.